The van der Waals surface area contributed by atoms with E-state index in [-0.39, 0.29) is 11.9 Å². The number of pyridine rings is 1. The predicted octanol–water partition coefficient (Wildman–Crippen LogP) is 1.48. The minimum Gasteiger partial charge on any atom is -0.368 e. The smallest absolute Gasteiger partial charge is 0.296 e. The van der Waals surface area contributed by atoms with Gasteiger partial charge in [-0.15, -0.1) is 0 Å². The first-order valence-electron chi connectivity index (χ1n) is 13.5. The van der Waals surface area contributed by atoms with Crippen LogP contribution in [0.1, 0.15) is 48.9 Å². The van der Waals surface area contributed by atoms with E-state index in [2.05, 4.69) is 37.1 Å². The zero-order valence-corrected chi connectivity index (χ0v) is 24.3. The van der Waals surface area contributed by atoms with Crippen molar-refractivity contribution in [3.63, 3.8) is 0 Å². The third-order valence-corrected chi connectivity index (χ3v) is 8.13. The van der Waals surface area contributed by atoms with Crippen LogP contribution in [0.5, 0.6) is 0 Å². The Morgan fingerprint density at radius 3 is 2.28 bits per heavy atom. The van der Waals surface area contributed by atoms with E-state index in [1.54, 1.807) is 6.07 Å². The van der Waals surface area contributed by atoms with Crippen LogP contribution in [0.4, 0.5) is 11.5 Å². The number of piperidine rings is 1. The molecule has 3 heterocycles. The van der Waals surface area contributed by atoms with Crippen LogP contribution in [0, 0.1) is 13.8 Å². The van der Waals surface area contributed by atoms with Crippen LogP contribution in [0.2, 0.25) is 0 Å². The number of benzene rings is 1. The van der Waals surface area contributed by atoms with Crippen LogP contribution in [-0.4, -0.2) is 81.0 Å². The summed E-state index contributed by atoms with van der Waals surface area (Å²) in [6.07, 6.45) is 4.53. The maximum absolute atomic E-state index is 12.4. The Labute approximate surface area is 232 Å². The quantitative estimate of drug-likeness (QED) is 0.377. The first-order valence-corrected chi connectivity index (χ1v) is 15.1. The van der Waals surface area contributed by atoms with E-state index in [1.807, 2.05) is 38.1 Å². The first-order chi connectivity index (χ1) is 18.6. The number of hydrogen-bond acceptors (Lipinski definition) is 8. The number of piperazine rings is 1. The molecule has 2 saturated heterocycles. The monoisotopic (exact) mass is 560 g/mol. The number of rotatable bonds is 8. The first kappa shape index (κ1) is 30.8. The molecule has 2 aromatic rings. The van der Waals surface area contributed by atoms with Gasteiger partial charge in [-0.3, -0.25) is 19.3 Å². The van der Waals surface area contributed by atoms with Crippen LogP contribution in [0.25, 0.3) is 0 Å². The van der Waals surface area contributed by atoms with Gasteiger partial charge in [-0.05, 0) is 57.4 Å². The number of nitrogens with zero attached hydrogens (tertiary/aromatic N) is 4. The molecule has 0 radical (unpaired) electrons. The van der Waals surface area contributed by atoms with Crippen molar-refractivity contribution >= 4 is 27.6 Å². The largest absolute Gasteiger partial charge is 0.368 e. The number of likely N-dealkylation sites (tertiary alicyclic amines) is 1. The summed E-state index contributed by atoms with van der Waals surface area (Å²) in [7, 11) is -2.34. The van der Waals surface area contributed by atoms with Crippen molar-refractivity contribution in [3.05, 3.63) is 53.2 Å². The van der Waals surface area contributed by atoms with Gasteiger partial charge in [-0.25, -0.2) is 10.1 Å². The van der Waals surface area contributed by atoms with Crippen LogP contribution in [0.3, 0.4) is 0 Å². The van der Waals surface area contributed by atoms with Crippen LogP contribution in [-0.2, 0) is 15.0 Å². The fourth-order valence-electron chi connectivity index (χ4n) is 5.80. The van der Waals surface area contributed by atoms with E-state index in [0.717, 1.165) is 74.5 Å². The van der Waals surface area contributed by atoms with Gasteiger partial charge in [0.15, 0.2) is 0 Å². The molecule has 1 aromatic carbocycles. The number of nitrogens with one attached hydrogen (secondary N) is 1. The average molecular weight is 561 g/mol. The number of amides is 1. The molecule has 12 heteroatoms. The van der Waals surface area contributed by atoms with Crippen LogP contribution in [0.15, 0.2) is 36.5 Å². The molecule has 11 nitrogen and oxygen atoms in total. The molecule has 2 aliphatic heterocycles. The number of carbonyl (C=O) groups is 1. The van der Waals surface area contributed by atoms with E-state index < -0.39 is 10.2 Å². The van der Waals surface area contributed by atoms with Gasteiger partial charge >= 0.3 is 0 Å². The van der Waals surface area contributed by atoms with Crippen molar-refractivity contribution in [2.45, 2.75) is 58.2 Å². The van der Waals surface area contributed by atoms with Crippen molar-refractivity contribution in [1.82, 2.24) is 14.8 Å². The van der Waals surface area contributed by atoms with E-state index >= 15 is 0 Å². The number of hydrogen-bond donors (Lipinski definition) is 4. The highest BCUT2D eigenvalue weighted by Crippen LogP contribution is 2.30. The SMILES string of the molecule is CCC1CN(c2ncc(NS(N)(=O)=O)cc2C)CCN1C1CCN(C(C(N)=O)c2ccc(C)cc2)CC1.CN. The third kappa shape index (κ3) is 7.89. The molecule has 7 N–H and O–H groups in total. The highest BCUT2D eigenvalue weighted by Gasteiger charge is 2.36. The van der Waals surface area contributed by atoms with E-state index in [4.69, 9.17) is 10.9 Å². The van der Waals surface area contributed by atoms with E-state index in [0.29, 0.717) is 17.8 Å². The fraction of sp³-hybridized carbons (Fsp3) is 0.556. The molecule has 39 heavy (non-hydrogen) atoms. The topological polar surface area (TPSA) is 164 Å². The zero-order chi connectivity index (χ0) is 28.7. The predicted molar refractivity (Wildman–Crippen MR) is 157 cm³/mol. The number of aryl methyl sites for hydroxylation is 2. The zero-order valence-electron chi connectivity index (χ0n) is 23.5. The fourth-order valence-corrected chi connectivity index (χ4v) is 6.24. The molecule has 0 saturated carbocycles. The molecule has 0 spiro atoms. The Hall–Kier alpha value is -2.77. The third-order valence-electron chi connectivity index (χ3n) is 7.61. The number of carbonyl (C=O) groups excluding carboxylic acids is 1. The molecule has 2 unspecified atom stereocenters. The highest BCUT2D eigenvalue weighted by atomic mass is 32.2. The molecule has 2 atom stereocenters. The maximum Gasteiger partial charge on any atom is 0.296 e. The molecular formula is C27H44N8O3S. The van der Waals surface area contributed by atoms with Crippen molar-refractivity contribution < 1.29 is 13.2 Å². The van der Waals surface area contributed by atoms with Gasteiger partial charge in [-0.1, -0.05) is 36.8 Å². The number of primary amides is 1. The number of anilines is 2. The van der Waals surface area contributed by atoms with Gasteiger partial charge < -0.3 is 16.4 Å². The lowest BCUT2D eigenvalue weighted by Gasteiger charge is -2.48. The van der Waals surface area contributed by atoms with Gasteiger partial charge in [-0.2, -0.15) is 8.42 Å². The molecule has 216 valence electrons. The van der Waals surface area contributed by atoms with Gasteiger partial charge in [0.2, 0.25) is 5.91 Å². The summed E-state index contributed by atoms with van der Waals surface area (Å²) >= 11 is 0. The molecule has 4 rings (SSSR count). The average Bonchev–Trinajstić information content (AvgIpc) is 2.90. The standard InChI is InChI=1S/C26H39N7O3S.CH5N/c1-4-22-17-32(26-19(3)15-21(16-29-26)30-37(28,35)36)13-14-33(22)23-9-11-31(12-10-23)24(25(27)34)20-7-5-18(2)6-8-20;1-2/h5-8,15-16,22-24,30H,4,9-14,17H2,1-3H3,(H2,27,34)(H2,28,35,36);2H2,1H3. The molecule has 1 amide bonds. The Morgan fingerprint density at radius 1 is 1.10 bits per heavy atom. The maximum atomic E-state index is 12.4. The van der Waals surface area contributed by atoms with Crippen LogP contribution < -0.4 is 26.2 Å². The highest BCUT2D eigenvalue weighted by molar-refractivity contribution is 7.90. The summed E-state index contributed by atoms with van der Waals surface area (Å²) < 4.78 is 25.0. The summed E-state index contributed by atoms with van der Waals surface area (Å²) in [5.41, 5.74) is 13.7. The molecule has 1 aromatic heterocycles. The Morgan fingerprint density at radius 2 is 1.74 bits per heavy atom. The lowest BCUT2D eigenvalue weighted by molar-refractivity contribution is -0.124. The Balaban J connectivity index is 0.00000205. The minimum absolute atomic E-state index is 0.296. The van der Waals surface area contributed by atoms with Gasteiger partial charge in [0.05, 0.1) is 11.9 Å². The van der Waals surface area contributed by atoms with Gasteiger partial charge in [0, 0.05) is 44.8 Å². The lowest BCUT2D eigenvalue weighted by Crippen LogP contribution is -2.59. The second-order valence-electron chi connectivity index (χ2n) is 10.2. The normalized spacial score (nSPS) is 20.2. The summed E-state index contributed by atoms with van der Waals surface area (Å²) in [5, 5.41) is 5.09. The van der Waals surface area contributed by atoms with Gasteiger partial charge in [0.25, 0.3) is 10.2 Å². The van der Waals surface area contributed by atoms with E-state index in [9.17, 15) is 13.2 Å². The lowest BCUT2D eigenvalue weighted by atomic mass is 9.95. The number of aromatic nitrogens is 1. The molecule has 0 bridgehead atoms. The molecule has 2 fully saturated rings. The molecular weight excluding hydrogens is 516 g/mol. The molecule has 0 aliphatic carbocycles. The summed E-state index contributed by atoms with van der Waals surface area (Å²) in [4.78, 5) is 24.1. The van der Waals surface area contributed by atoms with Crippen molar-refractivity contribution in [1.29, 1.82) is 0 Å². The Kier molecular flexibility index (Phi) is 10.7. The summed E-state index contributed by atoms with van der Waals surface area (Å²) in [6.45, 7) is 10.5. The van der Waals surface area contributed by atoms with Crippen molar-refractivity contribution in [2.24, 2.45) is 16.6 Å². The number of nitrogens with two attached hydrogens (primary N) is 3. The summed E-state index contributed by atoms with van der Waals surface area (Å²) in [6, 6.07) is 10.3. The summed E-state index contributed by atoms with van der Waals surface area (Å²) in [5.74, 6) is 0.575. The van der Waals surface area contributed by atoms with Crippen molar-refractivity contribution in [3.8, 4) is 0 Å². The van der Waals surface area contributed by atoms with Gasteiger partial charge in [0.1, 0.15) is 11.9 Å². The second-order valence-corrected chi connectivity index (χ2v) is 11.5. The van der Waals surface area contributed by atoms with E-state index in [1.165, 1.54) is 13.2 Å². The van der Waals surface area contributed by atoms with Crippen molar-refractivity contribution in [2.75, 3.05) is 49.4 Å². The minimum atomic E-state index is -3.84. The van der Waals surface area contributed by atoms with Crippen LogP contribution >= 0.6 is 0 Å². The molecule has 2 aliphatic rings. The Bertz CT molecular complexity index is 1200. The second kappa shape index (κ2) is 13.5.